The summed E-state index contributed by atoms with van der Waals surface area (Å²) in [6.45, 7) is 10.3. The van der Waals surface area contributed by atoms with E-state index in [2.05, 4.69) is 0 Å². The van der Waals surface area contributed by atoms with Crippen LogP contribution in [0.25, 0.3) is 0 Å². The standard InChI is InChI=1S/C21H33NO5S/c1-20(2,3)26-19(23)22-15-16(14-21(22,4)5)12-13-18(27-28(6,24)25)17-10-8-7-9-11-17/h7-11,16,18H,12-15H2,1-6H3/t16-,18-/m0/s1. The SMILES string of the molecule is CC(C)(C)OC(=O)N1C[C@@H](CC[C@H](OS(C)(=O)=O)c2ccccc2)CC1(C)C. The van der Waals surface area contributed by atoms with Gasteiger partial charge in [0.2, 0.25) is 0 Å². The minimum absolute atomic E-state index is 0.261. The minimum atomic E-state index is -3.57. The molecule has 28 heavy (non-hydrogen) atoms. The zero-order chi connectivity index (χ0) is 21.2. The molecule has 1 saturated heterocycles. The van der Waals surface area contributed by atoms with E-state index in [0.29, 0.717) is 13.0 Å². The molecular formula is C21H33NO5S. The van der Waals surface area contributed by atoms with Crippen molar-refractivity contribution in [3.8, 4) is 0 Å². The van der Waals surface area contributed by atoms with Gasteiger partial charge in [-0.1, -0.05) is 30.3 Å². The van der Waals surface area contributed by atoms with Crippen LogP contribution in [0.5, 0.6) is 0 Å². The molecule has 0 N–H and O–H groups in total. The Kier molecular flexibility index (Phi) is 6.82. The summed E-state index contributed by atoms with van der Waals surface area (Å²) >= 11 is 0. The highest BCUT2D eigenvalue weighted by Gasteiger charge is 2.42. The molecule has 0 aromatic heterocycles. The van der Waals surface area contributed by atoms with Crippen LogP contribution in [0.3, 0.4) is 0 Å². The lowest BCUT2D eigenvalue weighted by molar-refractivity contribution is 0.0130. The third kappa shape index (κ3) is 6.78. The smallest absolute Gasteiger partial charge is 0.410 e. The quantitative estimate of drug-likeness (QED) is 0.644. The van der Waals surface area contributed by atoms with Crippen LogP contribution in [0, 0.1) is 5.92 Å². The van der Waals surface area contributed by atoms with Gasteiger partial charge in [-0.15, -0.1) is 0 Å². The van der Waals surface area contributed by atoms with Crippen LogP contribution in [0.1, 0.15) is 65.5 Å². The Morgan fingerprint density at radius 3 is 2.39 bits per heavy atom. The lowest BCUT2D eigenvalue weighted by atomic mass is 9.91. The van der Waals surface area contributed by atoms with Gasteiger partial charge in [0.25, 0.3) is 10.1 Å². The van der Waals surface area contributed by atoms with Crippen LogP contribution in [0.15, 0.2) is 30.3 Å². The van der Waals surface area contributed by atoms with Crippen LogP contribution >= 0.6 is 0 Å². The number of hydrogen-bond donors (Lipinski definition) is 0. The monoisotopic (exact) mass is 411 g/mol. The Morgan fingerprint density at radius 1 is 1.25 bits per heavy atom. The van der Waals surface area contributed by atoms with E-state index in [1.54, 1.807) is 4.90 Å². The lowest BCUT2D eigenvalue weighted by Crippen LogP contribution is -2.45. The highest BCUT2D eigenvalue weighted by atomic mass is 32.2. The Labute approximate surface area is 169 Å². The maximum atomic E-state index is 12.6. The number of amides is 1. The molecule has 2 atom stereocenters. The Hall–Kier alpha value is -1.60. The number of rotatable bonds is 6. The number of carbonyl (C=O) groups is 1. The van der Waals surface area contributed by atoms with Gasteiger partial charge in [-0.05, 0) is 65.4 Å². The number of likely N-dealkylation sites (tertiary alicyclic amines) is 1. The molecular weight excluding hydrogens is 378 g/mol. The van der Waals surface area contributed by atoms with Gasteiger partial charge >= 0.3 is 6.09 Å². The van der Waals surface area contributed by atoms with Crippen molar-refractivity contribution in [3.05, 3.63) is 35.9 Å². The number of benzene rings is 1. The zero-order valence-electron chi connectivity index (χ0n) is 17.8. The van der Waals surface area contributed by atoms with Crippen LogP contribution in [0.4, 0.5) is 4.79 Å². The highest BCUT2D eigenvalue weighted by molar-refractivity contribution is 7.86. The molecule has 6 nitrogen and oxygen atoms in total. The van der Waals surface area contributed by atoms with Crippen molar-refractivity contribution in [2.75, 3.05) is 12.8 Å². The number of nitrogens with zero attached hydrogens (tertiary/aromatic N) is 1. The summed E-state index contributed by atoms with van der Waals surface area (Å²) in [5.74, 6) is 0.261. The van der Waals surface area contributed by atoms with Crippen molar-refractivity contribution in [1.29, 1.82) is 0 Å². The van der Waals surface area contributed by atoms with Crippen molar-refractivity contribution in [2.24, 2.45) is 5.92 Å². The summed E-state index contributed by atoms with van der Waals surface area (Å²) in [7, 11) is -3.57. The van der Waals surface area contributed by atoms with Crippen LogP contribution in [-0.4, -0.2) is 43.4 Å². The molecule has 1 aliphatic rings. The van der Waals surface area contributed by atoms with Gasteiger partial charge in [-0.25, -0.2) is 4.79 Å². The Balaban J connectivity index is 2.05. The second kappa shape index (κ2) is 8.41. The highest BCUT2D eigenvalue weighted by Crippen LogP contribution is 2.38. The van der Waals surface area contributed by atoms with Crippen LogP contribution in [-0.2, 0) is 19.0 Å². The summed E-state index contributed by atoms with van der Waals surface area (Å²) in [5.41, 5.74) is 0.00841. The third-order valence-electron chi connectivity index (χ3n) is 4.87. The molecule has 1 aliphatic heterocycles. The van der Waals surface area contributed by atoms with E-state index in [9.17, 15) is 13.2 Å². The van der Waals surface area contributed by atoms with Gasteiger partial charge in [0, 0.05) is 12.1 Å². The van der Waals surface area contributed by atoms with Gasteiger partial charge in [-0.2, -0.15) is 8.42 Å². The van der Waals surface area contributed by atoms with Crippen molar-refractivity contribution in [1.82, 2.24) is 4.90 Å². The molecule has 1 fully saturated rings. The molecule has 1 heterocycles. The van der Waals surface area contributed by atoms with Gasteiger partial charge in [-0.3, -0.25) is 4.18 Å². The van der Waals surface area contributed by atoms with Crippen LogP contribution in [0.2, 0.25) is 0 Å². The molecule has 0 unspecified atom stereocenters. The average molecular weight is 412 g/mol. The molecule has 158 valence electrons. The van der Waals surface area contributed by atoms with Gasteiger partial charge in [0.05, 0.1) is 6.26 Å². The summed E-state index contributed by atoms with van der Waals surface area (Å²) in [6, 6.07) is 9.38. The molecule has 2 rings (SSSR count). The molecule has 0 aliphatic carbocycles. The van der Waals surface area contributed by atoms with Crippen molar-refractivity contribution >= 4 is 16.2 Å². The fourth-order valence-corrected chi connectivity index (χ4v) is 4.38. The molecule has 1 amide bonds. The first-order valence-electron chi connectivity index (χ1n) is 9.71. The summed E-state index contributed by atoms with van der Waals surface area (Å²) in [6.07, 6.45) is 2.43. The van der Waals surface area contributed by atoms with E-state index in [-0.39, 0.29) is 17.6 Å². The minimum Gasteiger partial charge on any atom is -0.444 e. The molecule has 0 bridgehead atoms. The summed E-state index contributed by atoms with van der Waals surface area (Å²) in [5, 5.41) is 0. The second-order valence-corrected chi connectivity index (χ2v) is 10.9. The Morgan fingerprint density at radius 2 is 1.86 bits per heavy atom. The molecule has 1 aromatic rings. The van der Waals surface area contributed by atoms with E-state index in [1.165, 1.54) is 0 Å². The van der Waals surface area contributed by atoms with E-state index in [1.807, 2.05) is 65.0 Å². The predicted molar refractivity (Wildman–Crippen MR) is 109 cm³/mol. The lowest BCUT2D eigenvalue weighted by Gasteiger charge is -2.33. The fourth-order valence-electron chi connectivity index (χ4n) is 3.75. The zero-order valence-corrected chi connectivity index (χ0v) is 18.6. The first-order valence-corrected chi connectivity index (χ1v) is 11.5. The van der Waals surface area contributed by atoms with Gasteiger partial charge in [0.15, 0.2) is 0 Å². The van der Waals surface area contributed by atoms with E-state index in [0.717, 1.165) is 24.7 Å². The summed E-state index contributed by atoms with van der Waals surface area (Å²) in [4.78, 5) is 14.4. The second-order valence-electron chi connectivity index (χ2n) is 9.25. The van der Waals surface area contributed by atoms with Crippen molar-refractivity contribution in [2.45, 2.75) is 71.1 Å². The van der Waals surface area contributed by atoms with Gasteiger partial charge in [0.1, 0.15) is 11.7 Å². The third-order valence-corrected chi connectivity index (χ3v) is 5.45. The van der Waals surface area contributed by atoms with Crippen molar-refractivity contribution < 1.29 is 22.1 Å². The van der Waals surface area contributed by atoms with E-state index >= 15 is 0 Å². The molecule has 0 saturated carbocycles. The normalized spacial score (nSPS) is 20.8. The van der Waals surface area contributed by atoms with E-state index in [4.69, 9.17) is 8.92 Å². The largest absolute Gasteiger partial charge is 0.444 e. The first kappa shape index (κ1) is 22.7. The summed E-state index contributed by atoms with van der Waals surface area (Å²) < 4.78 is 34.3. The maximum Gasteiger partial charge on any atom is 0.410 e. The maximum absolute atomic E-state index is 12.6. The molecule has 1 aromatic carbocycles. The number of ether oxygens (including phenoxy) is 1. The first-order chi connectivity index (χ1) is 12.8. The molecule has 0 spiro atoms. The number of carbonyl (C=O) groups excluding carboxylic acids is 1. The topological polar surface area (TPSA) is 72.9 Å². The van der Waals surface area contributed by atoms with Crippen LogP contribution < -0.4 is 0 Å². The van der Waals surface area contributed by atoms with Gasteiger partial charge < -0.3 is 9.64 Å². The van der Waals surface area contributed by atoms with Crippen molar-refractivity contribution in [3.63, 3.8) is 0 Å². The molecule has 0 radical (unpaired) electrons. The number of hydrogen-bond acceptors (Lipinski definition) is 5. The Bertz CT molecular complexity index is 768. The average Bonchev–Trinajstić information content (AvgIpc) is 2.84. The molecule has 7 heteroatoms. The fraction of sp³-hybridized carbons (Fsp3) is 0.667. The van der Waals surface area contributed by atoms with E-state index < -0.39 is 21.8 Å². The predicted octanol–water partition coefficient (Wildman–Crippen LogP) is 4.52.